The van der Waals surface area contributed by atoms with Gasteiger partial charge in [-0.2, -0.15) is 0 Å². The first kappa shape index (κ1) is 10.3. The number of rotatable bonds is 0. The zero-order valence-electron chi connectivity index (χ0n) is 8.51. The molecule has 0 radical (unpaired) electrons. The van der Waals surface area contributed by atoms with E-state index in [1.165, 1.54) is 0 Å². The van der Waals surface area contributed by atoms with Crippen LogP contribution >= 0.6 is 15.9 Å². The van der Waals surface area contributed by atoms with E-state index in [0.29, 0.717) is 6.54 Å². The van der Waals surface area contributed by atoms with E-state index in [9.17, 15) is 8.78 Å². The Bertz CT molecular complexity index is 436. The minimum absolute atomic E-state index is 0.0496. The predicted molar refractivity (Wildman–Crippen MR) is 63.3 cm³/mol. The Morgan fingerprint density at radius 2 is 2.25 bits per heavy atom. The Kier molecular flexibility index (Phi) is 2.14. The van der Waals surface area contributed by atoms with Crippen molar-refractivity contribution in [3.8, 4) is 0 Å². The van der Waals surface area contributed by atoms with Crippen LogP contribution in [0.1, 0.15) is 6.42 Å². The third kappa shape index (κ3) is 1.57. The van der Waals surface area contributed by atoms with Gasteiger partial charge in [0.25, 0.3) is 5.92 Å². The molecule has 1 saturated heterocycles. The van der Waals surface area contributed by atoms with Gasteiger partial charge in [-0.3, -0.25) is 0 Å². The largest absolute Gasteiger partial charge is 0.381 e. The van der Waals surface area contributed by atoms with Crippen molar-refractivity contribution in [1.82, 2.24) is 0 Å². The number of benzene rings is 1. The number of hydrogen-bond donors (Lipinski definition) is 1. The molecular weight excluding hydrogens is 278 g/mol. The number of nitrogens with zero attached hydrogens (tertiary/aromatic N) is 1. The number of alkyl halides is 2. The lowest BCUT2D eigenvalue weighted by atomic mass is 10.1. The Morgan fingerprint density at radius 3 is 3.06 bits per heavy atom. The Morgan fingerprint density at radius 1 is 1.44 bits per heavy atom. The molecule has 0 bridgehead atoms. The zero-order chi connectivity index (χ0) is 11.3. The second-order valence-electron chi connectivity index (χ2n) is 4.38. The first-order chi connectivity index (χ1) is 7.55. The average molecular weight is 289 g/mol. The first-order valence-electron chi connectivity index (χ1n) is 5.23. The summed E-state index contributed by atoms with van der Waals surface area (Å²) < 4.78 is 27.6. The van der Waals surface area contributed by atoms with E-state index >= 15 is 0 Å². The lowest BCUT2D eigenvalue weighted by molar-refractivity contribution is 0.0229. The molecule has 1 fully saturated rings. The van der Waals surface area contributed by atoms with Crippen LogP contribution < -0.4 is 10.2 Å². The maximum Gasteiger partial charge on any atom is 0.267 e. The molecule has 1 aromatic carbocycles. The maximum absolute atomic E-state index is 13.4. The van der Waals surface area contributed by atoms with Gasteiger partial charge in [0.05, 0.1) is 24.0 Å². The smallest absolute Gasteiger partial charge is 0.267 e. The van der Waals surface area contributed by atoms with E-state index < -0.39 is 5.92 Å². The Labute approximate surface area is 101 Å². The fraction of sp³-hybridized carbons (Fsp3) is 0.455. The van der Waals surface area contributed by atoms with E-state index in [1.807, 2.05) is 23.1 Å². The molecule has 0 amide bonds. The van der Waals surface area contributed by atoms with Gasteiger partial charge in [0.15, 0.2) is 0 Å². The fourth-order valence-electron chi connectivity index (χ4n) is 2.48. The highest BCUT2D eigenvalue weighted by atomic mass is 79.9. The van der Waals surface area contributed by atoms with Gasteiger partial charge in [0.2, 0.25) is 0 Å². The highest BCUT2D eigenvalue weighted by Gasteiger charge is 2.46. The molecule has 0 spiro atoms. The minimum Gasteiger partial charge on any atom is -0.381 e. The van der Waals surface area contributed by atoms with E-state index in [-0.39, 0.29) is 19.0 Å². The second kappa shape index (κ2) is 3.32. The van der Waals surface area contributed by atoms with Gasteiger partial charge >= 0.3 is 0 Å². The van der Waals surface area contributed by atoms with Crippen molar-refractivity contribution in [1.29, 1.82) is 0 Å². The summed E-state index contributed by atoms with van der Waals surface area (Å²) >= 11 is 3.37. The zero-order valence-corrected chi connectivity index (χ0v) is 10.1. The molecule has 2 aliphatic heterocycles. The molecule has 16 heavy (non-hydrogen) atoms. The van der Waals surface area contributed by atoms with Gasteiger partial charge in [-0.25, -0.2) is 8.78 Å². The van der Waals surface area contributed by atoms with Gasteiger partial charge < -0.3 is 10.2 Å². The van der Waals surface area contributed by atoms with Crippen molar-refractivity contribution in [3.05, 3.63) is 22.7 Å². The van der Waals surface area contributed by atoms with Crippen LogP contribution in [0.3, 0.4) is 0 Å². The topological polar surface area (TPSA) is 15.3 Å². The molecule has 1 atom stereocenters. The summed E-state index contributed by atoms with van der Waals surface area (Å²) in [6.45, 7) is 0.438. The van der Waals surface area contributed by atoms with Crippen LogP contribution in [0.25, 0.3) is 0 Å². The summed E-state index contributed by atoms with van der Waals surface area (Å²) in [6, 6.07) is 5.65. The fourth-order valence-corrected chi connectivity index (χ4v) is 2.83. The molecule has 0 aliphatic carbocycles. The molecule has 0 aromatic heterocycles. The predicted octanol–water partition coefficient (Wildman–Crippen LogP) is 3.09. The summed E-state index contributed by atoms with van der Waals surface area (Å²) in [5, 5.41) is 3.20. The number of fused-ring (bicyclic) bond motifs is 3. The van der Waals surface area contributed by atoms with Crippen LogP contribution in [0.5, 0.6) is 0 Å². The molecule has 1 aromatic rings. The molecule has 86 valence electrons. The van der Waals surface area contributed by atoms with Crippen molar-refractivity contribution < 1.29 is 8.78 Å². The Hall–Kier alpha value is -0.840. The van der Waals surface area contributed by atoms with E-state index in [0.717, 1.165) is 15.8 Å². The second-order valence-corrected chi connectivity index (χ2v) is 5.30. The van der Waals surface area contributed by atoms with Crippen LogP contribution in [0, 0.1) is 0 Å². The van der Waals surface area contributed by atoms with Crippen molar-refractivity contribution in [3.63, 3.8) is 0 Å². The summed E-state index contributed by atoms with van der Waals surface area (Å²) in [6.07, 6.45) is -0.0496. The molecule has 3 rings (SSSR count). The lowest BCUT2D eigenvalue weighted by Crippen LogP contribution is -2.39. The molecular formula is C11H11BrF2N2. The van der Waals surface area contributed by atoms with Crippen LogP contribution in [0.2, 0.25) is 0 Å². The molecule has 0 unspecified atom stereocenters. The van der Waals surface area contributed by atoms with Crippen molar-refractivity contribution in [2.45, 2.75) is 18.4 Å². The maximum atomic E-state index is 13.4. The normalized spacial score (nSPS) is 25.9. The molecule has 2 nitrogen and oxygen atoms in total. The van der Waals surface area contributed by atoms with Crippen molar-refractivity contribution >= 4 is 27.3 Å². The number of hydrogen-bond acceptors (Lipinski definition) is 2. The van der Waals surface area contributed by atoms with Gasteiger partial charge in [-0.15, -0.1) is 0 Å². The van der Waals surface area contributed by atoms with Gasteiger partial charge in [0.1, 0.15) is 0 Å². The molecule has 2 aliphatic rings. The Balaban J connectivity index is 2.02. The standard InChI is InChI=1S/C11H11BrF2N2/c12-7-1-2-9-10(3-7)16-6-11(13,14)4-8(16)5-15-9/h1-3,8,15H,4-6H2/t8-/m0/s1. The summed E-state index contributed by atoms with van der Waals surface area (Å²) in [5.41, 5.74) is 1.82. The minimum atomic E-state index is -2.56. The summed E-state index contributed by atoms with van der Waals surface area (Å²) in [7, 11) is 0. The number of anilines is 2. The molecule has 0 saturated carbocycles. The van der Waals surface area contributed by atoms with E-state index in [2.05, 4.69) is 21.2 Å². The van der Waals surface area contributed by atoms with Crippen LogP contribution in [-0.2, 0) is 0 Å². The van der Waals surface area contributed by atoms with E-state index in [1.54, 1.807) is 0 Å². The summed E-state index contributed by atoms with van der Waals surface area (Å²) in [5.74, 6) is -2.56. The highest BCUT2D eigenvalue weighted by Crippen LogP contribution is 2.42. The molecule has 1 N–H and O–H groups in total. The number of nitrogens with one attached hydrogen (secondary N) is 1. The average Bonchev–Trinajstić information content (AvgIpc) is 2.52. The van der Waals surface area contributed by atoms with Crippen molar-refractivity contribution in [2.75, 3.05) is 23.3 Å². The van der Waals surface area contributed by atoms with Gasteiger partial charge in [0, 0.05) is 17.4 Å². The van der Waals surface area contributed by atoms with Crippen LogP contribution in [0.4, 0.5) is 20.2 Å². The summed E-state index contributed by atoms with van der Waals surface area (Å²) in [4.78, 5) is 1.82. The van der Waals surface area contributed by atoms with Crippen LogP contribution in [0.15, 0.2) is 22.7 Å². The molecule has 2 heterocycles. The first-order valence-corrected chi connectivity index (χ1v) is 6.02. The third-order valence-electron chi connectivity index (χ3n) is 3.17. The third-order valence-corrected chi connectivity index (χ3v) is 3.67. The lowest BCUT2D eigenvalue weighted by Gasteiger charge is -2.33. The SMILES string of the molecule is FC1(F)C[C@H]2CNc3ccc(Br)cc3N2C1. The quantitative estimate of drug-likeness (QED) is 0.789. The molecule has 5 heteroatoms. The van der Waals surface area contributed by atoms with Gasteiger partial charge in [-0.1, -0.05) is 15.9 Å². The number of halogens is 3. The van der Waals surface area contributed by atoms with Crippen LogP contribution in [-0.4, -0.2) is 25.1 Å². The van der Waals surface area contributed by atoms with Crippen molar-refractivity contribution in [2.24, 2.45) is 0 Å². The van der Waals surface area contributed by atoms with E-state index in [4.69, 9.17) is 0 Å². The van der Waals surface area contributed by atoms with Gasteiger partial charge in [-0.05, 0) is 18.2 Å². The highest BCUT2D eigenvalue weighted by molar-refractivity contribution is 9.10. The monoisotopic (exact) mass is 288 g/mol.